The van der Waals surface area contributed by atoms with Gasteiger partial charge in [0.2, 0.25) is 5.91 Å². The van der Waals surface area contributed by atoms with E-state index in [1.807, 2.05) is 36.4 Å². The van der Waals surface area contributed by atoms with Gasteiger partial charge in [-0.2, -0.15) is 0 Å². The number of carboxylic acid groups (broad SMARTS) is 1. The van der Waals surface area contributed by atoms with Crippen molar-refractivity contribution in [2.75, 3.05) is 41.3 Å². The van der Waals surface area contributed by atoms with Crippen molar-refractivity contribution in [3.05, 3.63) is 94.5 Å². The third-order valence-electron chi connectivity index (χ3n) is 5.64. The van der Waals surface area contributed by atoms with Gasteiger partial charge in [0, 0.05) is 43.6 Å². The molecule has 8 heteroatoms. The Morgan fingerprint density at radius 2 is 1.47 bits per heavy atom. The maximum absolute atomic E-state index is 12.4. The summed E-state index contributed by atoms with van der Waals surface area (Å²) in [5, 5.41) is 13.3. The number of halogens is 2. The normalized spacial score (nSPS) is 14.1. The van der Waals surface area contributed by atoms with Gasteiger partial charge in [-0.15, -0.1) is 0 Å². The van der Waals surface area contributed by atoms with E-state index >= 15 is 0 Å². The first kappa shape index (κ1) is 23.7. The molecule has 0 aliphatic carbocycles. The van der Waals surface area contributed by atoms with E-state index in [-0.39, 0.29) is 5.57 Å². The van der Waals surface area contributed by atoms with Crippen molar-refractivity contribution < 1.29 is 14.7 Å². The second-order valence-electron chi connectivity index (χ2n) is 7.81. The Bertz CT molecular complexity index is 1210. The second kappa shape index (κ2) is 10.6. The quantitative estimate of drug-likeness (QED) is 0.446. The standard InChI is InChI=1S/C26H23Cl2N3O3/c27-22-7-4-8-23(25(22)28)31-15-13-30(14-16-31)20-11-9-19(10-12-20)29-24(32)17-21(26(33)34)18-5-2-1-3-6-18/h1-12,17H,13-16H2,(H,29,32)(H,33,34). The van der Waals surface area contributed by atoms with Crippen LogP contribution in [0.4, 0.5) is 17.1 Å². The Morgan fingerprint density at radius 3 is 2.12 bits per heavy atom. The van der Waals surface area contributed by atoms with E-state index in [0.717, 1.165) is 43.6 Å². The zero-order chi connectivity index (χ0) is 24.1. The highest BCUT2D eigenvalue weighted by Crippen LogP contribution is 2.33. The molecule has 0 atom stereocenters. The number of aliphatic carboxylic acids is 1. The van der Waals surface area contributed by atoms with Gasteiger partial charge in [0.05, 0.1) is 21.3 Å². The first-order chi connectivity index (χ1) is 16.4. The first-order valence-corrected chi connectivity index (χ1v) is 11.5. The largest absolute Gasteiger partial charge is 0.478 e. The molecule has 1 aliphatic heterocycles. The molecule has 0 aromatic heterocycles. The maximum Gasteiger partial charge on any atom is 0.336 e. The van der Waals surface area contributed by atoms with Crippen LogP contribution in [0.3, 0.4) is 0 Å². The number of carboxylic acids is 1. The van der Waals surface area contributed by atoms with E-state index in [2.05, 4.69) is 15.1 Å². The van der Waals surface area contributed by atoms with Crippen LogP contribution < -0.4 is 15.1 Å². The molecule has 6 nitrogen and oxygen atoms in total. The van der Waals surface area contributed by atoms with Crippen LogP contribution in [0, 0.1) is 0 Å². The molecule has 0 spiro atoms. The van der Waals surface area contributed by atoms with Crippen LogP contribution in [-0.2, 0) is 9.59 Å². The Kier molecular flexibility index (Phi) is 7.40. The minimum Gasteiger partial charge on any atom is -0.478 e. The number of carbonyl (C=O) groups excluding carboxylic acids is 1. The lowest BCUT2D eigenvalue weighted by molar-refractivity contribution is -0.130. The van der Waals surface area contributed by atoms with Gasteiger partial charge in [0.15, 0.2) is 0 Å². The molecule has 1 amide bonds. The summed E-state index contributed by atoms with van der Waals surface area (Å²) in [6.07, 6.45) is 1.10. The van der Waals surface area contributed by atoms with E-state index in [1.165, 1.54) is 0 Å². The second-order valence-corrected chi connectivity index (χ2v) is 8.60. The summed E-state index contributed by atoms with van der Waals surface area (Å²) in [5.41, 5.74) is 2.98. The number of piperazine rings is 1. The van der Waals surface area contributed by atoms with Crippen molar-refractivity contribution in [3.8, 4) is 0 Å². The van der Waals surface area contributed by atoms with Crippen LogP contribution in [0.5, 0.6) is 0 Å². The lowest BCUT2D eigenvalue weighted by Crippen LogP contribution is -2.46. The molecule has 1 fully saturated rings. The van der Waals surface area contributed by atoms with Crippen molar-refractivity contribution in [2.24, 2.45) is 0 Å². The SMILES string of the molecule is O=C(C=C(C(=O)O)c1ccccc1)Nc1ccc(N2CCN(c3cccc(Cl)c3Cl)CC2)cc1. The van der Waals surface area contributed by atoms with Crippen molar-refractivity contribution in [1.29, 1.82) is 0 Å². The minimum absolute atomic E-state index is 0.0626. The third kappa shape index (κ3) is 5.53. The lowest BCUT2D eigenvalue weighted by Gasteiger charge is -2.37. The number of benzene rings is 3. The van der Waals surface area contributed by atoms with Gasteiger partial charge in [-0.1, -0.05) is 59.6 Å². The number of hydrogen-bond acceptors (Lipinski definition) is 4. The Labute approximate surface area is 208 Å². The van der Waals surface area contributed by atoms with Crippen molar-refractivity contribution in [2.45, 2.75) is 0 Å². The van der Waals surface area contributed by atoms with Crippen molar-refractivity contribution >= 4 is 57.7 Å². The molecule has 3 aromatic carbocycles. The molecule has 1 saturated heterocycles. The lowest BCUT2D eigenvalue weighted by atomic mass is 10.1. The van der Waals surface area contributed by atoms with E-state index < -0.39 is 11.9 Å². The highest BCUT2D eigenvalue weighted by Gasteiger charge is 2.20. The Balaban J connectivity index is 1.37. The van der Waals surface area contributed by atoms with Gasteiger partial charge in [0.1, 0.15) is 0 Å². The summed E-state index contributed by atoms with van der Waals surface area (Å²) in [6.45, 7) is 3.24. The molecule has 0 unspecified atom stereocenters. The van der Waals surface area contributed by atoms with E-state index in [9.17, 15) is 14.7 Å². The first-order valence-electron chi connectivity index (χ1n) is 10.8. The van der Waals surface area contributed by atoms with E-state index in [4.69, 9.17) is 23.2 Å². The number of nitrogens with one attached hydrogen (secondary N) is 1. The fourth-order valence-electron chi connectivity index (χ4n) is 3.89. The fraction of sp³-hybridized carbons (Fsp3) is 0.154. The molecule has 0 saturated carbocycles. The predicted molar refractivity (Wildman–Crippen MR) is 138 cm³/mol. The van der Waals surface area contributed by atoms with Crippen LogP contribution >= 0.6 is 23.2 Å². The molecule has 174 valence electrons. The van der Waals surface area contributed by atoms with Crippen LogP contribution in [0.1, 0.15) is 5.56 Å². The number of anilines is 3. The third-order valence-corrected chi connectivity index (χ3v) is 6.45. The summed E-state index contributed by atoms with van der Waals surface area (Å²) in [7, 11) is 0. The average Bonchev–Trinajstić information content (AvgIpc) is 2.85. The summed E-state index contributed by atoms with van der Waals surface area (Å²) in [5.74, 6) is -1.66. The molecule has 4 rings (SSSR count). The van der Waals surface area contributed by atoms with Gasteiger partial charge in [-0.25, -0.2) is 4.79 Å². The number of carbonyl (C=O) groups is 2. The molecule has 1 aliphatic rings. The van der Waals surface area contributed by atoms with Gasteiger partial charge < -0.3 is 20.2 Å². The zero-order valence-corrected chi connectivity index (χ0v) is 19.8. The molecule has 0 radical (unpaired) electrons. The van der Waals surface area contributed by atoms with Gasteiger partial charge >= 0.3 is 5.97 Å². The zero-order valence-electron chi connectivity index (χ0n) is 18.2. The summed E-state index contributed by atoms with van der Waals surface area (Å²) in [6, 6.07) is 21.7. The molecule has 2 N–H and O–H groups in total. The van der Waals surface area contributed by atoms with Crippen LogP contribution in [0.2, 0.25) is 10.0 Å². The maximum atomic E-state index is 12.4. The Morgan fingerprint density at radius 1 is 0.824 bits per heavy atom. The summed E-state index contributed by atoms with van der Waals surface area (Å²) >= 11 is 12.5. The highest BCUT2D eigenvalue weighted by molar-refractivity contribution is 6.43. The summed E-state index contributed by atoms with van der Waals surface area (Å²) in [4.78, 5) is 28.5. The molecule has 3 aromatic rings. The minimum atomic E-state index is -1.16. The van der Waals surface area contributed by atoms with Crippen molar-refractivity contribution in [1.82, 2.24) is 0 Å². The molecular weight excluding hydrogens is 473 g/mol. The predicted octanol–water partition coefficient (Wildman–Crippen LogP) is 5.43. The number of amides is 1. The number of rotatable bonds is 6. The van der Waals surface area contributed by atoms with Gasteiger partial charge in [0.25, 0.3) is 0 Å². The van der Waals surface area contributed by atoms with Gasteiger partial charge in [-0.05, 0) is 42.0 Å². The monoisotopic (exact) mass is 495 g/mol. The number of nitrogens with zero attached hydrogens (tertiary/aromatic N) is 2. The van der Waals surface area contributed by atoms with Crippen LogP contribution in [0.25, 0.3) is 5.57 Å². The average molecular weight is 496 g/mol. The highest BCUT2D eigenvalue weighted by atomic mass is 35.5. The van der Waals surface area contributed by atoms with Crippen molar-refractivity contribution in [3.63, 3.8) is 0 Å². The van der Waals surface area contributed by atoms with Gasteiger partial charge in [-0.3, -0.25) is 4.79 Å². The molecule has 1 heterocycles. The molecular formula is C26H23Cl2N3O3. The van der Waals surface area contributed by atoms with E-state index in [1.54, 1.807) is 36.4 Å². The molecule has 0 bridgehead atoms. The van der Waals surface area contributed by atoms with E-state index in [0.29, 0.717) is 21.3 Å². The Hall–Kier alpha value is -3.48. The number of hydrogen-bond donors (Lipinski definition) is 2. The topological polar surface area (TPSA) is 72.9 Å². The smallest absolute Gasteiger partial charge is 0.336 e. The van der Waals surface area contributed by atoms with Crippen LogP contribution in [0.15, 0.2) is 78.9 Å². The van der Waals surface area contributed by atoms with Crippen LogP contribution in [-0.4, -0.2) is 43.2 Å². The fourth-order valence-corrected chi connectivity index (χ4v) is 4.31. The summed E-state index contributed by atoms with van der Waals surface area (Å²) < 4.78 is 0. The molecule has 34 heavy (non-hydrogen) atoms.